The molecule has 1 heterocycles. The van der Waals surface area contributed by atoms with Crippen LogP contribution in [0.3, 0.4) is 0 Å². The Morgan fingerprint density at radius 3 is 2.73 bits per heavy atom. The molecule has 6 nitrogen and oxygen atoms in total. The number of carbonyl (C=O) groups is 1. The number of nitro groups is 1. The first-order valence-corrected chi connectivity index (χ1v) is 6.93. The van der Waals surface area contributed by atoms with Gasteiger partial charge in [-0.3, -0.25) is 14.9 Å². The molecular weight excluding hydrogens is 282 g/mol. The van der Waals surface area contributed by atoms with Crippen molar-refractivity contribution in [3.05, 3.63) is 63.2 Å². The predicted octanol–water partition coefficient (Wildman–Crippen LogP) is 2.70. The fraction of sp³-hybridized carbons (Fsp3) is 0.188. The van der Waals surface area contributed by atoms with Crippen LogP contribution >= 0.6 is 0 Å². The maximum absolute atomic E-state index is 11.6. The minimum absolute atomic E-state index is 0.0618. The molecule has 1 amide bonds. The molecule has 0 radical (unpaired) electrons. The molecule has 0 saturated heterocycles. The highest BCUT2D eigenvalue weighted by Gasteiger charge is 2.31. The van der Waals surface area contributed by atoms with E-state index in [1.807, 2.05) is 17.9 Å². The molecule has 3 rings (SSSR count). The molecule has 0 aromatic heterocycles. The molecule has 22 heavy (non-hydrogen) atoms. The second kappa shape index (κ2) is 5.14. The van der Waals surface area contributed by atoms with Crippen LogP contribution < -0.4 is 10.6 Å². The largest absolute Gasteiger partial charge is 0.366 e. The van der Waals surface area contributed by atoms with E-state index >= 15 is 0 Å². The van der Waals surface area contributed by atoms with Gasteiger partial charge in [-0.05, 0) is 36.6 Å². The van der Waals surface area contributed by atoms with Crippen molar-refractivity contribution in [3.63, 3.8) is 0 Å². The first-order valence-electron chi connectivity index (χ1n) is 6.93. The van der Waals surface area contributed by atoms with E-state index in [0.717, 1.165) is 11.1 Å². The minimum Gasteiger partial charge on any atom is -0.366 e. The maximum Gasteiger partial charge on any atom is 0.293 e. The van der Waals surface area contributed by atoms with Gasteiger partial charge in [0, 0.05) is 12.6 Å². The van der Waals surface area contributed by atoms with Crippen molar-refractivity contribution >= 4 is 23.0 Å². The Hall–Kier alpha value is -2.89. The molecule has 0 saturated carbocycles. The summed E-state index contributed by atoms with van der Waals surface area (Å²) < 4.78 is 0. The first-order chi connectivity index (χ1) is 10.5. The van der Waals surface area contributed by atoms with Crippen LogP contribution in [0.1, 0.15) is 21.5 Å². The van der Waals surface area contributed by atoms with E-state index in [1.54, 1.807) is 30.3 Å². The third-order valence-electron chi connectivity index (χ3n) is 3.84. The SMILES string of the molecule is Cc1cc2c(c([N+](=O)[O-])c1)N(c1ccccc1C(N)=O)CC2. The van der Waals surface area contributed by atoms with Crippen LogP contribution in [-0.4, -0.2) is 17.4 Å². The van der Waals surface area contributed by atoms with E-state index < -0.39 is 5.91 Å². The molecular formula is C16H15N3O3. The number of primary amides is 1. The number of nitro benzene ring substituents is 1. The number of carbonyl (C=O) groups excluding carboxylic acids is 1. The highest BCUT2D eigenvalue weighted by Crippen LogP contribution is 2.42. The Kier molecular flexibility index (Phi) is 3.29. The lowest BCUT2D eigenvalue weighted by molar-refractivity contribution is -0.384. The number of fused-ring (bicyclic) bond motifs is 1. The van der Waals surface area contributed by atoms with E-state index in [2.05, 4.69) is 0 Å². The van der Waals surface area contributed by atoms with Crippen LogP contribution in [0.15, 0.2) is 36.4 Å². The molecule has 112 valence electrons. The first kappa shape index (κ1) is 14.1. The fourth-order valence-corrected chi connectivity index (χ4v) is 2.98. The zero-order chi connectivity index (χ0) is 15.9. The van der Waals surface area contributed by atoms with Gasteiger partial charge in [-0.15, -0.1) is 0 Å². The van der Waals surface area contributed by atoms with Crippen molar-refractivity contribution in [2.75, 3.05) is 11.4 Å². The molecule has 6 heteroatoms. The van der Waals surface area contributed by atoms with Crippen LogP contribution in [0.5, 0.6) is 0 Å². The van der Waals surface area contributed by atoms with Crippen LogP contribution in [0.2, 0.25) is 0 Å². The summed E-state index contributed by atoms with van der Waals surface area (Å²) in [5.74, 6) is -0.543. The summed E-state index contributed by atoms with van der Waals surface area (Å²) in [5.41, 5.74) is 8.80. The molecule has 0 atom stereocenters. The molecule has 0 aliphatic carbocycles. The maximum atomic E-state index is 11.6. The average molecular weight is 297 g/mol. The summed E-state index contributed by atoms with van der Waals surface area (Å²) in [5, 5.41) is 11.4. The molecule has 2 N–H and O–H groups in total. The Labute approximate surface area is 127 Å². The standard InChI is InChI=1S/C16H15N3O3/c1-10-8-11-6-7-18(15(11)14(9-10)19(21)22)13-5-3-2-4-12(13)16(17)20/h2-5,8-9H,6-7H2,1H3,(H2,17,20). The summed E-state index contributed by atoms with van der Waals surface area (Å²) in [7, 11) is 0. The van der Waals surface area contributed by atoms with Gasteiger partial charge < -0.3 is 10.6 Å². The topological polar surface area (TPSA) is 89.5 Å². The second-order valence-electron chi connectivity index (χ2n) is 5.33. The minimum atomic E-state index is -0.543. The number of nitrogens with two attached hydrogens (primary N) is 1. The Morgan fingerprint density at radius 2 is 2.05 bits per heavy atom. The lowest BCUT2D eigenvalue weighted by Crippen LogP contribution is -2.20. The van der Waals surface area contributed by atoms with Gasteiger partial charge in [-0.25, -0.2) is 0 Å². The van der Waals surface area contributed by atoms with Gasteiger partial charge >= 0.3 is 0 Å². The number of amides is 1. The summed E-state index contributed by atoms with van der Waals surface area (Å²) >= 11 is 0. The number of rotatable bonds is 3. The summed E-state index contributed by atoms with van der Waals surface area (Å²) in [6.07, 6.45) is 0.699. The van der Waals surface area contributed by atoms with E-state index in [1.165, 1.54) is 0 Å². The number of hydrogen-bond donors (Lipinski definition) is 1. The van der Waals surface area contributed by atoms with Gasteiger partial charge in [-0.2, -0.15) is 0 Å². The van der Waals surface area contributed by atoms with E-state index in [0.29, 0.717) is 29.9 Å². The van der Waals surface area contributed by atoms with Gasteiger partial charge in [0.15, 0.2) is 0 Å². The van der Waals surface area contributed by atoms with Gasteiger partial charge in [0.25, 0.3) is 11.6 Å². The lowest BCUT2D eigenvalue weighted by Gasteiger charge is -2.21. The number of nitrogens with zero attached hydrogens (tertiary/aromatic N) is 2. The van der Waals surface area contributed by atoms with Crippen molar-refractivity contribution in [3.8, 4) is 0 Å². The summed E-state index contributed by atoms with van der Waals surface area (Å²) in [6.45, 7) is 2.43. The van der Waals surface area contributed by atoms with Gasteiger partial charge in [0.2, 0.25) is 0 Å². The van der Waals surface area contributed by atoms with Crippen molar-refractivity contribution in [1.82, 2.24) is 0 Å². The number of hydrogen-bond acceptors (Lipinski definition) is 4. The highest BCUT2D eigenvalue weighted by atomic mass is 16.6. The van der Waals surface area contributed by atoms with Crippen LogP contribution in [0.25, 0.3) is 0 Å². The average Bonchev–Trinajstić information content (AvgIpc) is 2.89. The molecule has 2 aromatic carbocycles. The molecule has 0 bridgehead atoms. The Morgan fingerprint density at radius 1 is 1.32 bits per heavy atom. The molecule has 0 unspecified atom stereocenters. The molecule has 0 fully saturated rings. The number of para-hydroxylation sites is 1. The lowest BCUT2D eigenvalue weighted by atomic mass is 10.1. The van der Waals surface area contributed by atoms with Gasteiger partial charge in [0.05, 0.1) is 16.2 Å². The Bertz CT molecular complexity index is 786. The molecule has 1 aliphatic rings. The normalized spacial score (nSPS) is 13.0. The van der Waals surface area contributed by atoms with Gasteiger partial charge in [0.1, 0.15) is 5.69 Å². The number of anilines is 2. The number of benzene rings is 2. The Balaban J connectivity index is 2.20. The van der Waals surface area contributed by atoms with Gasteiger partial charge in [-0.1, -0.05) is 18.2 Å². The fourth-order valence-electron chi connectivity index (χ4n) is 2.98. The van der Waals surface area contributed by atoms with Crippen molar-refractivity contribution < 1.29 is 9.72 Å². The van der Waals surface area contributed by atoms with Crippen LogP contribution in [0, 0.1) is 17.0 Å². The molecule has 1 aliphatic heterocycles. The van der Waals surface area contributed by atoms with Crippen LogP contribution in [0.4, 0.5) is 17.1 Å². The number of aryl methyl sites for hydroxylation is 1. The highest BCUT2D eigenvalue weighted by molar-refractivity contribution is 6.00. The second-order valence-corrected chi connectivity index (χ2v) is 5.33. The quantitative estimate of drug-likeness (QED) is 0.696. The third-order valence-corrected chi connectivity index (χ3v) is 3.84. The zero-order valence-corrected chi connectivity index (χ0v) is 12.1. The van der Waals surface area contributed by atoms with Crippen molar-refractivity contribution in [1.29, 1.82) is 0 Å². The van der Waals surface area contributed by atoms with Crippen LogP contribution in [-0.2, 0) is 6.42 Å². The monoisotopic (exact) mass is 297 g/mol. The molecule has 0 spiro atoms. The smallest absolute Gasteiger partial charge is 0.293 e. The van der Waals surface area contributed by atoms with E-state index in [-0.39, 0.29) is 10.6 Å². The van der Waals surface area contributed by atoms with E-state index in [9.17, 15) is 14.9 Å². The summed E-state index contributed by atoms with van der Waals surface area (Å²) in [4.78, 5) is 24.5. The van der Waals surface area contributed by atoms with Crippen molar-refractivity contribution in [2.45, 2.75) is 13.3 Å². The predicted molar refractivity (Wildman–Crippen MR) is 83.5 cm³/mol. The van der Waals surface area contributed by atoms with Crippen molar-refractivity contribution in [2.24, 2.45) is 5.73 Å². The third kappa shape index (κ3) is 2.18. The zero-order valence-electron chi connectivity index (χ0n) is 12.1. The summed E-state index contributed by atoms with van der Waals surface area (Å²) in [6, 6.07) is 10.4. The van der Waals surface area contributed by atoms with E-state index in [4.69, 9.17) is 5.73 Å². The molecule has 2 aromatic rings.